The van der Waals surface area contributed by atoms with Gasteiger partial charge in [-0.15, -0.1) is 11.6 Å². The van der Waals surface area contributed by atoms with Gasteiger partial charge in [0.15, 0.2) is 0 Å². The minimum absolute atomic E-state index is 0.0262. The summed E-state index contributed by atoms with van der Waals surface area (Å²) in [6.07, 6.45) is 2.63. The SMILES string of the molecule is C[C@H]1C#CC#CC=C1C(Cl)CCN. The van der Waals surface area contributed by atoms with Crippen LogP contribution in [-0.2, 0) is 0 Å². The third kappa shape index (κ3) is 2.81. The van der Waals surface area contributed by atoms with Crippen molar-refractivity contribution in [3.8, 4) is 23.7 Å². The van der Waals surface area contributed by atoms with Crippen LogP contribution in [0.1, 0.15) is 13.3 Å². The molecular weight excluding hydrogens is 182 g/mol. The average molecular weight is 194 g/mol. The van der Waals surface area contributed by atoms with Gasteiger partial charge in [0.05, 0.1) is 5.38 Å². The molecule has 1 rings (SSSR count). The fourth-order valence-electron chi connectivity index (χ4n) is 1.18. The van der Waals surface area contributed by atoms with Crippen molar-refractivity contribution < 1.29 is 0 Å². The van der Waals surface area contributed by atoms with Gasteiger partial charge in [-0.05, 0) is 43.4 Å². The van der Waals surface area contributed by atoms with Crippen LogP contribution in [0.3, 0.4) is 0 Å². The molecule has 2 atom stereocenters. The molecule has 1 nitrogen and oxygen atoms in total. The smallest absolute Gasteiger partial charge is 0.0578 e. The lowest BCUT2D eigenvalue weighted by molar-refractivity contribution is 0.753. The van der Waals surface area contributed by atoms with Crippen LogP contribution in [0.15, 0.2) is 11.6 Å². The van der Waals surface area contributed by atoms with Crippen LogP contribution in [0, 0.1) is 29.6 Å². The second-order valence-electron chi connectivity index (χ2n) is 2.95. The summed E-state index contributed by atoms with van der Waals surface area (Å²) in [6, 6.07) is 0. The molecule has 0 aromatic heterocycles. The van der Waals surface area contributed by atoms with Crippen molar-refractivity contribution in [1.82, 2.24) is 0 Å². The molecule has 0 amide bonds. The molecule has 0 heterocycles. The maximum Gasteiger partial charge on any atom is 0.0578 e. The highest BCUT2D eigenvalue weighted by molar-refractivity contribution is 6.22. The van der Waals surface area contributed by atoms with E-state index in [0.717, 1.165) is 12.0 Å². The van der Waals surface area contributed by atoms with E-state index in [1.807, 2.05) is 13.0 Å². The van der Waals surface area contributed by atoms with Gasteiger partial charge in [-0.2, -0.15) is 0 Å². The summed E-state index contributed by atoms with van der Waals surface area (Å²) in [5, 5.41) is -0.0262. The van der Waals surface area contributed by atoms with E-state index >= 15 is 0 Å². The zero-order chi connectivity index (χ0) is 9.68. The summed E-state index contributed by atoms with van der Waals surface area (Å²) in [7, 11) is 0. The minimum Gasteiger partial charge on any atom is -0.330 e. The zero-order valence-electron chi connectivity index (χ0n) is 7.60. The summed E-state index contributed by atoms with van der Waals surface area (Å²) in [5.41, 5.74) is 6.52. The number of hydrogen-bond acceptors (Lipinski definition) is 1. The van der Waals surface area contributed by atoms with E-state index in [-0.39, 0.29) is 11.3 Å². The molecule has 2 heteroatoms. The zero-order valence-corrected chi connectivity index (χ0v) is 8.36. The van der Waals surface area contributed by atoms with Crippen LogP contribution in [-0.4, -0.2) is 11.9 Å². The third-order valence-corrected chi connectivity index (χ3v) is 2.41. The second kappa shape index (κ2) is 4.97. The first kappa shape index (κ1) is 10.2. The topological polar surface area (TPSA) is 26.0 Å². The fourth-order valence-corrected chi connectivity index (χ4v) is 1.56. The van der Waals surface area contributed by atoms with Crippen molar-refractivity contribution in [2.75, 3.05) is 6.54 Å². The Morgan fingerprint density at radius 2 is 2.38 bits per heavy atom. The summed E-state index contributed by atoms with van der Waals surface area (Å²) in [4.78, 5) is 0. The molecule has 0 aromatic rings. The highest BCUT2D eigenvalue weighted by Crippen LogP contribution is 2.21. The van der Waals surface area contributed by atoms with Gasteiger partial charge in [0, 0.05) is 5.92 Å². The highest BCUT2D eigenvalue weighted by atomic mass is 35.5. The maximum absolute atomic E-state index is 6.14. The van der Waals surface area contributed by atoms with Crippen LogP contribution in [0.5, 0.6) is 0 Å². The first-order valence-corrected chi connectivity index (χ1v) is 4.74. The van der Waals surface area contributed by atoms with Crippen LogP contribution in [0.25, 0.3) is 0 Å². The van der Waals surface area contributed by atoms with Crippen LogP contribution in [0.2, 0.25) is 0 Å². The van der Waals surface area contributed by atoms with Gasteiger partial charge in [0.2, 0.25) is 0 Å². The Bertz CT molecular complexity index is 321. The van der Waals surface area contributed by atoms with Gasteiger partial charge in [-0.3, -0.25) is 0 Å². The maximum atomic E-state index is 6.14. The molecule has 0 bridgehead atoms. The van der Waals surface area contributed by atoms with E-state index in [2.05, 4.69) is 23.7 Å². The van der Waals surface area contributed by atoms with Crippen LogP contribution < -0.4 is 5.73 Å². The lowest BCUT2D eigenvalue weighted by atomic mass is 9.97. The van der Waals surface area contributed by atoms with E-state index in [9.17, 15) is 0 Å². The largest absolute Gasteiger partial charge is 0.330 e. The molecule has 0 saturated heterocycles. The second-order valence-corrected chi connectivity index (χ2v) is 3.48. The van der Waals surface area contributed by atoms with Gasteiger partial charge in [0.25, 0.3) is 0 Å². The number of alkyl halides is 1. The lowest BCUT2D eigenvalue weighted by Crippen LogP contribution is -2.14. The average Bonchev–Trinajstić information content (AvgIpc) is 2.30. The predicted octanol–water partition coefficient (Wildman–Crippen LogP) is 1.53. The van der Waals surface area contributed by atoms with Crippen molar-refractivity contribution in [3.05, 3.63) is 11.6 Å². The first-order chi connectivity index (χ1) is 6.25. The summed E-state index contributed by atoms with van der Waals surface area (Å²) >= 11 is 6.14. The molecule has 68 valence electrons. The summed E-state index contributed by atoms with van der Waals surface area (Å²) < 4.78 is 0. The van der Waals surface area contributed by atoms with Crippen molar-refractivity contribution >= 4 is 11.6 Å². The molecule has 0 saturated carbocycles. The number of hydrogen-bond donors (Lipinski definition) is 1. The first-order valence-electron chi connectivity index (χ1n) is 4.31. The standard InChI is InChI=1S/C11H12ClN/c1-9-5-3-2-4-6-10(9)11(12)7-8-13/h6,9,11H,7-8,13H2,1H3/t9-,11?/m0/s1. The Morgan fingerprint density at radius 3 is 3.08 bits per heavy atom. The normalized spacial score (nSPS) is 21.5. The molecule has 13 heavy (non-hydrogen) atoms. The molecule has 1 unspecified atom stereocenters. The van der Waals surface area contributed by atoms with Gasteiger partial charge in [0.1, 0.15) is 0 Å². The Hall–Kier alpha value is -0.890. The summed E-state index contributed by atoms with van der Waals surface area (Å²) in [5.74, 6) is 11.5. The van der Waals surface area contributed by atoms with Crippen molar-refractivity contribution in [1.29, 1.82) is 0 Å². The van der Waals surface area contributed by atoms with Crippen molar-refractivity contribution in [2.24, 2.45) is 11.7 Å². The van der Waals surface area contributed by atoms with Gasteiger partial charge in [-0.25, -0.2) is 0 Å². The molecule has 0 radical (unpaired) electrons. The van der Waals surface area contributed by atoms with Gasteiger partial charge >= 0.3 is 0 Å². The Morgan fingerprint density at radius 1 is 1.62 bits per heavy atom. The quantitative estimate of drug-likeness (QED) is 0.534. The monoisotopic (exact) mass is 193 g/mol. The van der Waals surface area contributed by atoms with Gasteiger partial charge in [-0.1, -0.05) is 11.8 Å². The molecule has 1 aliphatic carbocycles. The fraction of sp³-hybridized carbons (Fsp3) is 0.455. The number of halogens is 1. The Labute approximate surface area is 84.3 Å². The number of allylic oxidation sites excluding steroid dienone is 2. The lowest BCUT2D eigenvalue weighted by Gasteiger charge is -2.14. The summed E-state index contributed by atoms with van der Waals surface area (Å²) in [6.45, 7) is 2.62. The van der Waals surface area contributed by atoms with Crippen molar-refractivity contribution in [3.63, 3.8) is 0 Å². The molecule has 0 fully saturated rings. The Balaban J connectivity index is 2.76. The van der Waals surface area contributed by atoms with E-state index in [1.54, 1.807) is 0 Å². The predicted molar refractivity (Wildman–Crippen MR) is 56.1 cm³/mol. The van der Waals surface area contributed by atoms with E-state index in [0.29, 0.717) is 6.54 Å². The van der Waals surface area contributed by atoms with Crippen molar-refractivity contribution in [2.45, 2.75) is 18.7 Å². The van der Waals surface area contributed by atoms with E-state index < -0.39 is 0 Å². The number of rotatable bonds is 3. The van der Waals surface area contributed by atoms with Crippen LogP contribution in [0.4, 0.5) is 0 Å². The van der Waals surface area contributed by atoms with E-state index in [1.165, 1.54) is 0 Å². The minimum atomic E-state index is -0.0262. The van der Waals surface area contributed by atoms with E-state index in [4.69, 9.17) is 17.3 Å². The number of nitrogens with two attached hydrogens (primary N) is 1. The van der Waals surface area contributed by atoms with Gasteiger partial charge < -0.3 is 5.73 Å². The molecule has 2 N–H and O–H groups in total. The Kier molecular flexibility index (Phi) is 3.90. The molecule has 0 aliphatic heterocycles. The molecule has 0 aromatic carbocycles. The molecule has 0 spiro atoms. The molecular formula is C11H12ClN. The molecule has 1 aliphatic rings. The third-order valence-electron chi connectivity index (χ3n) is 1.94. The van der Waals surface area contributed by atoms with Crippen LogP contribution >= 0.6 is 11.6 Å². The highest BCUT2D eigenvalue weighted by Gasteiger charge is 2.15.